The first-order chi connectivity index (χ1) is 15.1. The molecule has 2 heterocycles. The summed E-state index contributed by atoms with van der Waals surface area (Å²) in [7, 11) is 0. The van der Waals surface area contributed by atoms with Crippen molar-refractivity contribution in [2.45, 2.75) is 6.10 Å². The largest absolute Gasteiger partial charge is 0.442 e. The van der Waals surface area contributed by atoms with Gasteiger partial charge in [-0.05, 0) is 23.8 Å². The zero-order chi connectivity index (χ0) is 21.6. The third kappa shape index (κ3) is 5.03. The average molecular weight is 425 g/mol. The van der Waals surface area contributed by atoms with Crippen molar-refractivity contribution in [3.63, 3.8) is 0 Å². The van der Waals surface area contributed by atoms with Gasteiger partial charge in [0.25, 0.3) is 0 Å². The summed E-state index contributed by atoms with van der Waals surface area (Å²) in [5.41, 5.74) is 1.75. The van der Waals surface area contributed by atoms with Crippen molar-refractivity contribution in [2.75, 3.05) is 49.2 Å². The molecule has 8 heteroatoms. The number of ether oxygens (including phenoxy) is 2. The van der Waals surface area contributed by atoms with Gasteiger partial charge in [-0.3, -0.25) is 9.69 Å². The van der Waals surface area contributed by atoms with Crippen LogP contribution < -0.4 is 15.1 Å². The van der Waals surface area contributed by atoms with Crippen LogP contribution in [0.5, 0.6) is 0 Å². The van der Waals surface area contributed by atoms with Gasteiger partial charge < -0.3 is 19.7 Å². The molecule has 7 nitrogen and oxygen atoms in total. The Kier molecular flexibility index (Phi) is 6.47. The van der Waals surface area contributed by atoms with E-state index in [4.69, 9.17) is 9.47 Å². The van der Waals surface area contributed by atoms with Crippen LogP contribution in [0.3, 0.4) is 0 Å². The quantitative estimate of drug-likeness (QED) is 0.721. The van der Waals surface area contributed by atoms with Gasteiger partial charge in [-0.2, -0.15) is 0 Å². The van der Waals surface area contributed by atoms with E-state index in [-0.39, 0.29) is 19.0 Å². The predicted molar refractivity (Wildman–Crippen MR) is 116 cm³/mol. The van der Waals surface area contributed by atoms with E-state index in [2.05, 4.69) is 5.32 Å². The topological polar surface area (TPSA) is 71.1 Å². The van der Waals surface area contributed by atoms with E-state index in [0.717, 1.165) is 5.56 Å². The number of para-hydroxylation sites is 1. The van der Waals surface area contributed by atoms with E-state index < -0.39 is 18.0 Å². The molecule has 2 aliphatic rings. The summed E-state index contributed by atoms with van der Waals surface area (Å²) in [6.45, 7) is 2.49. The van der Waals surface area contributed by atoms with Crippen molar-refractivity contribution in [3.05, 3.63) is 66.0 Å². The molecule has 0 aromatic heterocycles. The van der Waals surface area contributed by atoms with Crippen molar-refractivity contribution in [1.82, 2.24) is 5.32 Å². The van der Waals surface area contributed by atoms with Crippen molar-refractivity contribution in [3.8, 4) is 0 Å². The Balaban J connectivity index is 1.39. The molecule has 4 rings (SSSR count). The highest BCUT2D eigenvalue weighted by Gasteiger charge is 2.35. The molecule has 0 radical (unpaired) electrons. The Morgan fingerprint density at radius 2 is 1.90 bits per heavy atom. The minimum atomic E-state index is -0.556. The van der Waals surface area contributed by atoms with Gasteiger partial charge in [-0.25, -0.2) is 9.18 Å². The van der Waals surface area contributed by atoms with Crippen molar-refractivity contribution in [1.29, 1.82) is 0 Å². The highest BCUT2D eigenvalue weighted by Crippen LogP contribution is 2.35. The molecule has 2 fully saturated rings. The summed E-state index contributed by atoms with van der Waals surface area (Å²) in [6.07, 6.45) is 2.07. The number of anilines is 2. The highest BCUT2D eigenvalue weighted by molar-refractivity contribution is 5.95. The fourth-order valence-electron chi connectivity index (χ4n) is 3.66. The first-order valence-corrected chi connectivity index (χ1v) is 10.2. The monoisotopic (exact) mass is 425 g/mol. The third-order valence-corrected chi connectivity index (χ3v) is 5.19. The molecule has 2 saturated heterocycles. The third-order valence-electron chi connectivity index (χ3n) is 5.19. The smallest absolute Gasteiger partial charge is 0.414 e. The second kappa shape index (κ2) is 9.61. The Labute approximate surface area is 180 Å². The molecule has 2 aromatic carbocycles. The van der Waals surface area contributed by atoms with Crippen LogP contribution in [0.1, 0.15) is 5.56 Å². The van der Waals surface area contributed by atoms with E-state index in [1.165, 1.54) is 17.0 Å². The number of cyclic esters (lactones) is 1. The second-order valence-electron chi connectivity index (χ2n) is 7.31. The van der Waals surface area contributed by atoms with Crippen LogP contribution in [0, 0.1) is 5.82 Å². The molecule has 162 valence electrons. The zero-order valence-electron chi connectivity index (χ0n) is 17.0. The standard InChI is InChI=1S/C23H24FN3O4/c24-19-7-4-8-20(22(19)26-11-13-30-14-12-26)27-16-18(31-23(27)29)15-25-21(28)10-9-17-5-2-1-3-6-17/h1-10,18H,11-16H2,(H,25,28)/t18-/m0/s1. The van der Waals surface area contributed by atoms with E-state index in [0.29, 0.717) is 37.7 Å². The molecule has 2 aromatic rings. The maximum atomic E-state index is 14.7. The summed E-state index contributed by atoms with van der Waals surface area (Å²) in [5, 5.41) is 2.75. The molecule has 0 unspecified atom stereocenters. The lowest BCUT2D eigenvalue weighted by Crippen LogP contribution is -2.38. The SMILES string of the molecule is O=C(C=Cc1ccccc1)NC[C@H]1CN(c2cccc(F)c2N2CCOCC2)C(=O)O1. The van der Waals surface area contributed by atoms with Crippen LogP contribution in [-0.4, -0.2) is 57.5 Å². The minimum absolute atomic E-state index is 0.169. The molecule has 1 N–H and O–H groups in total. The number of nitrogens with one attached hydrogen (secondary N) is 1. The molecular weight excluding hydrogens is 401 g/mol. The lowest BCUT2D eigenvalue weighted by Gasteiger charge is -2.32. The van der Waals surface area contributed by atoms with Gasteiger partial charge in [0.1, 0.15) is 11.9 Å². The molecule has 31 heavy (non-hydrogen) atoms. The van der Waals surface area contributed by atoms with Gasteiger partial charge in [0.2, 0.25) is 5.91 Å². The van der Waals surface area contributed by atoms with Gasteiger partial charge in [0.05, 0.1) is 37.7 Å². The first kappa shape index (κ1) is 20.9. The van der Waals surface area contributed by atoms with Crippen molar-refractivity contribution >= 4 is 29.5 Å². The lowest BCUT2D eigenvalue weighted by atomic mass is 10.2. The average Bonchev–Trinajstić information content (AvgIpc) is 3.17. The number of rotatable bonds is 6. The summed E-state index contributed by atoms with van der Waals surface area (Å²) < 4.78 is 25.4. The summed E-state index contributed by atoms with van der Waals surface area (Å²) in [6, 6.07) is 14.1. The second-order valence-corrected chi connectivity index (χ2v) is 7.31. The molecule has 2 amide bonds. The number of halogens is 1. The van der Waals surface area contributed by atoms with Gasteiger partial charge in [0, 0.05) is 19.2 Å². The van der Waals surface area contributed by atoms with Crippen LogP contribution in [-0.2, 0) is 14.3 Å². The fraction of sp³-hybridized carbons (Fsp3) is 0.304. The number of morpholine rings is 1. The number of hydrogen-bond donors (Lipinski definition) is 1. The first-order valence-electron chi connectivity index (χ1n) is 10.2. The van der Waals surface area contributed by atoms with Crippen molar-refractivity contribution < 1.29 is 23.5 Å². The number of carbonyl (C=O) groups is 2. The van der Waals surface area contributed by atoms with Crippen molar-refractivity contribution in [2.24, 2.45) is 0 Å². The van der Waals surface area contributed by atoms with E-state index in [1.54, 1.807) is 18.2 Å². The lowest BCUT2D eigenvalue weighted by molar-refractivity contribution is -0.116. The molecule has 0 spiro atoms. The van der Waals surface area contributed by atoms with Gasteiger partial charge in [-0.1, -0.05) is 36.4 Å². The number of hydrogen-bond acceptors (Lipinski definition) is 5. The van der Waals surface area contributed by atoms with Crippen LogP contribution in [0.15, 0.2) is 54.6 Å². The maximum absolute atomic E-state index is 14.7. The summed E-state index contributed by atoms with van der Waals surface area (Å²) in [5.74, 6) is -0.673. The van der Waals surface area contributed by atoms with Crippen LogP contribution >= 0.6 is 0 Å². The predicted octanol–water partition coefficient (Wildman–Crippen LogP) is 2.82. The maximum Gasteiger partial charge on any atom is 0.414 e. The Bertz CT molecular complexity index is 961. The normalized spacial score (nSPS) is 19.0. The Morgan fingerprint density at radius 1 is 1.13 bits per heavy atom. The molecule has 0 saturated carbocycles. The molecule has 0 bridgehead atoms. The van der Waals surface area contributed by atoms with Gasteiger partial charge >= 0.3 is 6.09 Å². The van der Waals surface area contributed by atoms with Gasteiger partial charge in [0.15, 0.2) is 0 Å². The van der Waals surface area contributed by atoms with Crippen LogP contribution in [0.2, 0.25) is 0 Å². The number of nitrogens with zero attached hydrogens (tertiary/aromatic N) is 2. The summed E-state index contributed by atoms with van der Waals surface area (Å²) >= 11 is 0. The molecular formula is C23H24FN3O4. The minimum Gasteiger partial charge on any atom is -0.442 e. The Morgan fingerprint density at radius 3 is 2.68 bits per heavy atom. The highest BCUT2D eigenvalue weighted by atomic mass is 19.1. The molecule has 2 aliphatic heterocycles. The fourth-order valence-corrected chi connectivity index (χ4v) is 3.66. The van der Waals surface area contributed by atoms with E-state index in [9.17, 15) is 14.0 Å². The van der Waals surface area contributed by atoms with Crippen LogP contribution in [0.25, 0.3) is 6.08 Å². The Hall–Kier alpha value is -3.39. The van der Waals surface area contributed by atoms with E-state index in [1.807, 2.05) is 35.2 Å². The summed E-state index contributed by atoms with van der Waals surface area (Å²) in [4.78, 5) is 27.9. The van der Waals surface area contributed by atoms with Crippen LogP contribution in [0.4, 0.5) is 20.6 Å². The number of carbonyl (C=O) groups excluding carboxylic acids is 2. The van der Waals surface area contributed by atoms with E-state index >= 15 is 0 Å². The number of amides is 2. The van der Waals surface area contributed by atoms with Gasteiger partial charge in [-0.15, -0.1) is 0 Å². The number of benzene rings is 2. The molecule has 0 aliphatic carbocycles. The zero-order valence-corrected chi connectivity index (χ0v) is 17.0. The molecule has 1 atom stereocenters.